The number of esters is 1. The van der Waals surface area contributed by atoms with Gasteiger partial charge in [0.25, 0.3) is 5.91 Å². The van der Waals surface area contributed by atoms with Crippen molar-refractivity contribution < 1.29 is 23.9 Å². The summed E-state index contributed by atoms with van der Waals surface area (Å²) < 4.78 is 5.39. The van der Waals surface area contributed by atoms with Crippen molar-refractivity contribution in [3.05, 3.63) is 48.5 Å². The summed E-state index contributed by atoms with van der Waals surface area (Å²) in [5.41, 5.74) is 0.580. The molecule has 2 heterocycles. The number of hydrogen-bond acceptors (Lipinski definition) is 6. The zero-order valence-corrected chi connectivity index (χ0v) is 18.7. The van der Waals surface area contributed by atoms with Crippen LogP contribution in [0.5, 0.6) is 0 Å². The third kappa shape index (κ3) is 3.95. The minimum Gasteiger partial charge on any atom is -0.452 e. The third-order valence-corrected chi connectivity index (χ3v) is 6.72. The number of anilines is 3. The molecule has 2 aromatic rings. The second-order valence-corrected chi connectivity index (χ2v) is 9.38. The summed E-state index contributed by atoms with van der Waals surface area (Å²) in [4.78, 5) is 53.0. The van der Waals surface area contributed by atoms with E-state index in [4.69, 9.17) is 4.74 Å². The number of carbonyl (C=O) groups is 4. The zero-order chi connectivity index (χ0) is 23.0. The van der Waals surface area contributed by atoms with E-state index in [0.717, 1.165) is 4.90 Å². The van der Waals surface area contributed by atoms with Crippen molar-refractivity contribution in [3.8, 4) is 0 Å². The molecule has 32 heavy (non-hydrogen) atoms. The van der Waals surface area contributed by atoms with E-state index in [-0.39, 0.29) is 18.2 Å². The van der Waals surface area contributed by atoms with Gasteiger partial charge in [-0.3, -0.25) is 24.1 Å². The fourth-order valence-electron chi connectivity index (χ4n) is 3.70. The van der Waals surface area contributed by atoms with Crippen LogP contribution in [-0.4, -0.2) is 40.6 Å². The van der Waals surface area contributed by atoms with Crippen molar-refractivity contribution in [2.45, 2.75) is 49.0 Å². The average Bonchev–Trinajstić information content (AvgIpc) is 2.74. The van der Waals surface area contributed by atoms with Crippen molar-refractivity contribution in [2.75, 3.05) is 15.5 Å². The number of para-hydroxylation sites is 3. The highest BCUT2D eigenvalue weighted by Crippen LogP contribution is 2.38. The molecule has 2 aromatic carbocycles. The Morgan fingerprint density at radius 1 is 1.06 bits per heavy atom. The Bertz CT molecular complexity index is 1120. The van der Waals surface area contributed by atoms with Gasteiger partial charge in [-0.25, -0.2) is 0 Å². The largest absolute Gasteiger partial charge is 0.452 e. The summed E-state index contributed by atoms with van der Waals surface area (Å²) in [5, 5.41) is 4.92. The maximum absolute atomic E-state index is 13.3. The molecule has 9 heteroatoms. The molecule has 3 amide bonds. The third-order valence-electron chi connectivity index (χ3n) is 5.44. The number of carbonyl (C=O) groups excluding carboxylic acids is 4. The number of benzene rings is 2. The molecule has 2 aliphatic heterocycles. The molecule has 0 radical (unpaired) electrons. The van der Waals surface area contributed by atoms with Crippen LogP contribution in [0.2, 0.25) is 0 Å². The van der Waals surface area contributed by atoms with Crippen molar-refractivity contribution in [1.29, 1.82) is 0 Å². The van der Waals surface area contributed by atoms with Gasteiger partial charge >= 0.3 is 5.97 Å². The van der Waals surface area contributed by atoms with Gasteiger partial charge in [0.15, 0.2) is 6.10 Å². The SMILES string of the molecule is CC(OC(=O)CC1Sc2ccccc2NC1=O)C(=O)N1c2ccccc2NC(=O)C1(C)C. The van der Waals surface area contributed by atoms with Crippen LogP contribution in [0, 0.1) is 0 Å². The fraction of sp³-hybridized carbons (Fsp3) is 0.304. The van der Waals surface area contributed by atoms with Gasteiger partial charge in [-0.2, -0.15) is 0 Å². The van der Waals surface area contributed by atoms with E-state index in [9.17, 15) is 19.2 Å². The van der Waals surface area contributed by atoms with Gasteiger partial charge in [-0.05, 0) is 45.0 Å². The molecular weight excluding hydrogens is 430 g/mol. The number of nitrogens with one attached hydrogen (secondary N) is 2. The van der Waals surface area contributed by atoms with E-state index >= 15 is 0 Å². The van der Waals surface area contributed by atoms with Gasteiger partial charge in [-0.15, -0.1) is 11.8 Å². The number of nitrogens with zero attached hydrogens (tertiary/aromatic N) is 1. The molecule has 0 spiro atoms. The van der Waals surface area contributed by atoms with E-state index in [1.807, 2.05) is 18.2 Å². The number of amides is 3. The van der Waals surface area contributed by atoms with Crippen molar-refractivity contribution in [3.63, 3.8) is 0 Å². The zero-order valence-electron chi connectivity index (χ0n) is 17.9. The van der Waals surface area contributed by atoms with E-state index < -0.39 is 28.8 Å². The topological polar surface area (TPSA) is 105 Å². The quantitative estimate of drug-likeness (QED) is 0.689. The molecule has 2 atom stereocenters. The van der Waals surface area contributed by atoms with Gasteiger partial charge in [-0.1, -0.05) is 24.3 Å². The monoisotopic (exact) mass is 453 g/mol. The van der Waals surface area contributed by atoms with Crippen LogP contribution in [0.1, 0.15) is 27.2 Å². The van der Waals surface area contributed by atoms with Gasteiger partial charge in [0.1, 0.15) is 5.54 Å². The minimum absolute atomic E-state index is 0.178. The molecule has 0 fully saturated rings. The molecule has 0 aliphatic carbocycles. The summed E-state index contributed by atoms with van der Waals surface area (Å²) in [5.74, 6) is -1.80. The van der Waals surface area contributed by atoms with Crippen LogP contribution in [0.15, 0.2) is 53.4 Å². The van der Waals surface area contributed by atoms with Crippen LogP contribution in [-0.2, 0) is 23.9 Å². The Kier molecular flexibility index (Phi) is 5.68. The second kappa shape index (κ2) is 8.31. The Balaban J connectivity index is 1.46. The molecular formula is C23H23N3O5S. The van der Waals surface area contributed by atoms with E-state index in [2.05, 4.69) is 10.6 Å². The van der Waals surface area contributed by atoms with Crippen molar-refractivity contribution in [2.24, 2.45) is 0 Å². The molecule has 2 unspecified atom stereocenters. The lowest BCUT2D eigenvalue weighted by Crippen LogP contribution is -2.60. The first-order valence-corrected chi connectivity index (χ1v) is 11.1. The van der Waals surface area contributed by atoms with Crippen molar-refractivity contribution >= 4 is 52.5 Å². The van der Waals surface area contributed by atoms with Crippen LogP contribution in [0.4, 0.5) is 17.1 Å². The van der Waals surface area contributed by atoms with E-state index in [1.54, 1.807) is 44.2 Å². The lowest BCUT2D eigenvalue weighted by Gasteiger charge is -2.42. The first kappa shape index (κ1) is 21.9. The van der Waals surface area contributed by atoms with E-state index in [1.165, 1.54) is 23.6 Å². The maximum atomic E-state index is 13.3. The Hall–Kier alpha value is -3.33. The van der Waals surface area contributed by atoms with Gasteiger partial charge in [0.2, 0.25) is 11.8 Å². The van der Waals surface area contributed by atoms with Crippen LogP contribution in [0.25, 0.3) is 0 Å². The maximum Gasteiger partial charge on any atom is 0.308 e. The van der Waals surface area contributed by atoms with Crippen LogP contribution < -0.4 is 15.5 Å². The minimum atomic E-state index is -1.17. The van der Waals surface area contributed by atoms with E-state index in [0.29, 0.717) is 17.1 Å². The Labute approximate surface area is 189 Å². The number of rotatable bonds is 4. The molecule has 4 rings (SSSR count). The predicted molar refractivity (Wildman–Crippen MR) is 122 cm³/mol. The standard InChI is InChI=1S/C23H23N3O5S/c1-13(21(29)26-16-10-6-4-8-14(16)25-22(30)23(26,2)3)31-19(27)12-18-20(28)24-15-9-5-7-11-17(15)32-18/h4-11,13,18H,12H2,1-3H3,(H,24,28)(H,25,30). The lowest BCUT2D eigenvalue weighted by molar-refractivity contribution is -0.154. The normalized spacial score (nSPS) is 19.7. The van der Waals surface area contributed by atoms with Gasteiger partial charge < -0.3 is 15.4 Å². The highest BCUT2D eigenvalue weighted by molar-refractivity contribution is 8.01. The molecule has 0 saturated heterocycles. The second-order valence-electron chi connectivity index (χ2n) is 8.13. The molecule has 0 bridgehead atoms. The Morgan fingerprint density at radius 2 is 1.72 bits per heavy atom. The summed E-state index contributed by atoms with van der Waals surface area (Å²) in [6.07, 6.45) is -1.31. The molecule has 0 saturated carbocycles. The van der Waals surface area contributed by atoms with Crippen molar-refractivity contribution in [1.82, 2.24) is 0 Å². The summed E-state index contributed by atoms with van der Waals surface area (Å²) in [6.45, 7) is 4.73. The highest BCUT2D eigenvalue weighted by atomic mass is 32.2. The van der Waals surface area contributed by atoms with Gasteiger partial charge in [0.05, 0.1) is 28.7 Å². The number of fused-ring (bicyclic) bond motifs is 2. The van der Waals surface area contributed by atoms with Crippen LogP contribution in [0.3, 0.4) is 0 Å². The average molecular weight is 454 g/mol. The molecule has 166 valence electrons. The number of hydrogen-bond donors (Lipinski definition) is 2. The van der Waals surface area contributed by atoms with Crippen LogP contribution >= 0.6 is 11.8 Å². The molecule has 8 nitrogen and oxygen atoms in total. The lowest BCUT2D eigenvalue weighted by atomic mass is 9.95. The predicted octanol–water partition coefficient (Wildman–Crippen LogP) is 3.19. The van der Waals surface area contributed by atoms with Gasteiger partial charge in [0, 0.05) is 4.90 Å². The molecule has 0 aromatic heterocycles. The summed E-state index contributed by atoms with van der Waals surface area (Å²) in [6, 6.07) is 14.3. The smallest absolute Gasteiger partial charge is 0.308 e. The fourth-order valence-corrected chi connectivity index (χ4v) is 4.80. The molecule has 2 N–H and O–H groups in total. The number of ether oxygens (including phenoxy) is 1. The Morgan fingerprint density at radius 3 is 2.47 bits per heavy atom. The first-order chi connectivity index (χ1) is 15.2. The molecule has 2 aliphatic rings. The summed E-state index contributed by atoms with van der Waals surface area (Å²) in [7, 11) is 0. The number of thioether (sulfide) groups is 1. The highest BCUT2D eigenvalue weighted by Gasteiger charge is 2.45. The summed E-state index contributed by atoms with van der Waals surface area (Å²) >= 11 is 1.29. The first-order valence-electron chi connectivity index (χ1n) is 10.2.